The molecule has 1 aromatic heterocycles. The number of fused-ring (bicyclic) bond motifs is 1. The molecular formula is C47H60N14O11S2. The Kier molecular flexibility index (Phi) is 20.2. The zero-order chi connectivity index (χ0) is 53.3. The lowest BCUT2D eigenvalue weighted by Gasteiger charge is -2.29. The van der Waals surface area contributed by atoms with Gasteiger partial charge >= 0.3 is 12.0 Å². The van der Waals surface area contributed by atoms with Crippen LogP contribution >= 0.6 is 21.6 Å². The van der Waals surface area contributed by atoms with E-state index in [9.17, 15) is 53.1 Å². The average molecular weight is 1060 g/mol. The molecule has 3 aliphatic rings. The minimum atomic E-state index is -1.64. The monoisotopic (exact) mass is 1060 g/mol. The fourth-order valence-corrected chi connectivity index (χ4v) is 10.7. The lowest BCUT2D eigenvalue weighted by Crippen LogP contribution is -2.61. The summed E-state index contributed by atoms with van der Waals surface area (Å²) in [5, 5.41) is 31.9. The molecule has 3 aromatic rings. The number of nitrogens with two attached hydrogens (primary N) is 2. The Morgan fingerprint density at radius 2 is 1.35 bits per heavy atom. The highest BCUT2D eigenvalue weighted by Crippen LogP contribution is 2.26. The number of nitrogens with one attached hydrogen (secondary N) is 9. The number of rotatable bonds is 15. The highest BCUT2D eigenvalue weighted by molar-refractivity contribution is 8.76. The second-order valence-corrected chi connectivity index (χ2v) is 20.3. The van der Waals surface area contributed by atoms with E-state index < -0.39 is 127 Å². The standard InChI is InChI=1S/C47H60N14O11S2/c1-25(62)36-22-73-74-23-37(61-38(63)21-53-47(61)72)45(71)56-32(13-14-39(64)65)41(67)59-35(18-28-20-50-24-54-28)44(70)57-33(16-26-8-3-2-4-9-26)42(68)55-31(12-7-15-51-46(48)49)40(66)58-34(43(69)60-36)17-27-19-52-30-11-6-5-10-29(27)30/h2-6,8-11,19,24,28,31-37,52H,7,12-18,20-23H2,1H3,(H,50,54)(H,53,72)(H,55,68)(H,56,71)(H,57,70)(H,58,66)(H,59,67)(H,60,69)(H,64,65)(H4,48,49,51)/t28?,31-,32-,33+,34-,35-,36-,37-/m0/s1. The third-order valence-electron chi connectivity index (χ3n) is 12.2. The number of aliphatic imine (C=N–C) groups is 2. The van der Waals surface area contributed by atoms with Gasteiger partial charge in [-0.05, 0) is 49.8 Å². The third kappa shape index (κ3) is 15.9. The van der Waals surface area contributed by atoms with E-state index in [4.69, 9.17) is 11.5 Å². The van der Waals surface area contributed by atoms with Crippen molar-refractivity contribution in [1.82, 2.24) is 52.4 Å². The number of imide groups is 1. The van der Waals surface area contributed by atoms with Gasteiger partial charge in [0.2, 0.25) is 35.4 Å². The SMILES string of the molecule is CC(=O)[C@@H]1CSSC[C@H](N2C(=O)CNC2=O)C(=O)N[C@@H](CCC(=O)O)C(=O)N[C@@H](CC2CN=CN2)C(=O)N[C@H](Cc2ccccc2)C(=O)N[C@@H](CCCN=C(N)N)C(=O)N[C@@H](Cc2c[nH]c3ccccc23)C(=O)N1. The molecule has 0 bridgehead atoms. The zero-order valence-corrected chi connectivity index (χ0v) is 41.9. The second kappa shape index (κ2) is 26.9. The first-order valence-corrected chi connectivity index (χ1v) is 26.2. The number of benzene rings is 2. The van der Waals surface area contributed by atoms with Crippen molar-refractivity contribution in [3.05, 3.63) is 71.9 Å². The molecule has 74 heavy (non-hydrogen) atoms. The van der Waals surface area contributed by atoms with Crippen LogP contribution in [0.4, 0.5) is 4.79 Å². The first kappa shape index (κ1) is 55.6. The number of aliphatic carboxylic acids is 1. The van der Waals surface area contributed by atoms with Gasteiger partial charge < -0.3 is 64.1 Å². The Morgan fingerprint density at radius 3 is 2.01 bits per heavy atom. The molecule has 0 saturated carbocycles. The molecule has 2 saturated heterocycles. The van der Waals surface area contributed by atoms with E-state index in [1.165, 1.54) is 13.3 Å². The molecule has 396 valence electrons. The molecule has 0 aliphatic carbocycles. The number of H-pyrrole nitrogens is 1. The molecule has 9 amide bonds. The second-order valence-electron chi connectivity index (χ2n) is 17.7. The molecule has 0 radical (unpaired) electrons. The van der Waals surface area contributed by atoms with E-state index in [2.05, 4.69) is 57.5 Å². The quantitative estimate of drug-likeness (QED) is 0.0259. The van der Waals surface area contributed by atoms with E-state index in [1.807, 2.05) is 18.2 Å². The van der Waals surface area contributed by atoms with Crippen LogP contribution < -0.4 is 54.0 Å². The Morgan fingerprint density at radius 1 is 0.743 bits per heavy atom. The predicted molar refractivity (Wildman–Crippen MR) is 275 cm³/mol. The number of aromatic amines is 1. The van der Waals surface area contributed by atoms with Crippen molar-refractivity contribution in [2.75, 3.05) is 31.1 Å². The van der Waals surface area contributed by atoms with Gasteiger partial charge in [-0.15, -0.1) is 0 Å². The largest absolute Gasteiger partial charge is 0.481 e. The van der Waals surface area contributed by atoms with Gasteiger partial charge in [-0.25, -0.2) is 9.69 Å². The van der Waals surface area contributed by atoms with Gasteiger partial charge in [0.15, 0.2) is 11.7 Å². The Bertz CT molecular complexity index is 2610. The molecule has 14 N–H and O–H groups in total. The summed E-state index contributed by atoms with van der Waals surface area (Å²) >= 11 is 0. The Balaban J connectivity index is 1.41. The summed E-state index contributed by atoms with van der Waals surface area (Å²) in [7, 11) is 1.98. The Hall–Kier alpha value is -7.68. The van der Waals surface area contributed by atoms with Crippen molar-refractivity contribution < 1.29 is 53.1 Å². The number of Topliss-reactive ketones (excluding diaryl/α,β-unsaturated/α-hetero) is 1. The molecule has 2 fully saturated rings. The Labute approximate surface area is 432 Å². The van der Waals surface area contributed by atoms with Crippen LogP contribution in [-0.4, -0.2) is 166 Å². The number of ketones is 1. The van der Waals surface area contributed by atoms with Crippen molar-refractivity contribution in [1.29, 1.82) is 0 Å². The van der Waals surface area contributed by atoms with Gasteiger partial charge in [0, 0.05) is 60.5 Å². The number of aromatic nitrogens is 1. The molecule has 1 unspecified atom stereocenters. The first-order chi connectivity index (χ1) is 35.5. The fourth-order valence-electron chi connectivity index (χ4n) is 8.28. The summed E-state index contributed by atoms with van der Waals surface area (Å²) < 4.78 is 0. The van der Waals surface area contributed by atoms with Gasteiger partial charge in [-0.1, -0.05) is 70.1 Å². The number of para-hydroxylation sites is 1. The van der Waals surface area contributed by atoms with Crippen molar-refractivity contribution in [3.63, 3.8) is 0 Å². The summed E-state index contributed by atoms with van der Waals surface area (Å²) in [5.41, 5.74) is 13.1. The molecule has 0 spiro atoms. The van der Waals surface area contributed by atoms with Gasteiger partial charge in [-0.2, -0.15) is 0 Å². The topological polar surface area (TPSA) is 383 Å². The maximum absolute atomic E-state index is 14.7. The average Bonchev–Trinajstić information content (AvgIpc) is 4.12. The van der Waals surface area contributed by atoms with Crippen LogP contribution in [0.1, 0.15) is 50.2 Å². The van der Waals surface area contributed by atoms with Crippen molar-refractivity contribution in [3.8, 4) is 0 Å². The van der Waals surface area contributed by atoms with Crippen LogP contribution in [0.3, 0.4) is 0 Å². The lowest BCUT2D eigenvalue weighted by molar-refractivity contribution is -0.139. The van der Waals surface area contributed by atoms with Gasteiger partial charge in [0.1, 0.15) is 36.3 Å². The number of carboxylic acid groups (broad SMARTS) is 1. The fraction of sp³-hybridized carbons (Fsp3) is 0.447. The molecule has 4 heterocycles. The number of nitrogens with zero attached hydrogens (tertiary/aromatic N) is 3. The number of guanidine groups is 1. The lowest BCUT2D eigenvalue weighted by atomic mass is 10.0. The molecule has 6 rings (SSSR count). The summed E-state index contributed by atoms with van der Waals surface area (Å²) in [4.78, 5) is 150. The maximum Gasteiger partial charge on any atom is 0.325 e. The number of amides is 9. The van der Waals surface area contributed by atoms with Crippen molar-refractivity contribution >= 4 is 104 Å². The van der Waals surface area contributed by atoms with E-state index in [0.29, 0.717) is 16.0 Å². The molecular weight excluding hydrogens is 1000 g/mol. The maximum atomic E-state index is 14.7. The zero-order valence-electron chi connectivity index (χ0n) is 40.3. The normalized spacial score (nSPS) is 24.9. The van der Waals surface area contributed by atoms with Gasteiger partial charge in [0.25, 0.3) is 5.91 Å². The first-order valence-electron chi connectivity index (χ1n) is 23.7. The number of carbonyl (C=O) groups is 10. The summed E-state index contributed by atoms with van der Waals surface area (Å²) in [6.45, 7) is 1.06. The molecule has 25 nitrogen and oxygen atoms in total. The number of urea groups is 1. The third-order valence-corrected chi connectivity index (χ3v) is 14.6. The number of hydrogen-bond acceptors (Lipinski definition) is 15. The van der Waals surface area contributed by atoms with Crippen LogP contribution in [0.15, 0.2) is 70.8 Å². The molecule has 2 aromatic carbocycles. The summed E-state index contributed by atoms with van der Waals surface area (Å²) in [6.07, 6.45) is 1.76. The van der Waals surface area contributed by atoms with E-state index >= 15 is 0 Å². The van der Waals surface area contributed by atoms with Crippen molar-refractivity contribution in [2.45, 2.75) is 100 Å². The molecule has 27 heteroatoms. The predicted octanol–water partition coefficient (Wildman–Crippen LogP) is -1.93. The number of carboxylic acids is 1. The number of hydrogen-bond donors (Lipinski definition) is 12. The highest BCUT2D eigenvalue weighted by Gasteiger charge is 2.41. The summed E-state index contributed by atoms with van der Waals surface area (Å²) in [6, 6.07) is 4.51. The smallest absolute Gasteiger partial charge is 0.325 e. The highest BCUT2D eigenvalue weighted by atomic mass is 33.1. The minimum absolute atomic E-state index is 0.0534. The van der Waals surface area contributed by atoms with Crippen molar-refractivity contribution in [2.24, 2.45) is 21.5 Å². The van der Waals surface area contributed by atoms with Crippen LogP contribution in [0.25, 0.3) is 10.9 Å². The number of carbonyl (C=O) groups excluding carboxylic acids is 9. The summed E-state index contributed by atoms with van der Waals surface area (Å²) in [5.74, 6) is -8.47. The van der Waals surface area contributed by atoms with Crippen LogP contribution in [0, 0.1) is 0 Å². The van der Waals surface area contributed by atoms with Gasteiger partial charge in [0.05, 0.1) is 25.5 Å². The van der Waals surface area contributed by atoms with Crippen LogP contribution in [0.5, 0.6) is 0 Å². The van der Waals surface area contributed by atoms with E-state index in [-0.39, 0.29) is 62.7 Å². The van der Waals surface area contributed by atoms with Gasteiger partial charge in [-0.3, -0.25) is 53.1 Å². The minimum Gasteiger partial charge on any atom is -0.481 e. The van der Waals surface area contributed by atoms with Crippen LogP contribution in [-0.2, 0) is 56.0 Å². The van der Waals surface area contributed by atoms with Crippen LogP contribution in [0.2, 0.25) is 0 Å². The van der Waals surface area contributed by atoms with E-state index in [0.717, 1.165) is 32.5 Å². The van der Waals surface area contributed by atoms with E-state index in [1.54, 1.807) is 42.6 Å². The molecule has 8 atom stereocenters. The molecule has 3 aliphatic heterocycles.